The summed E-state index contributed by atoms with van der Waals surface area (Å²) in [6, 6.07) is 50.0. The van der Waals surface area contributed by atoms with Crippen LogP contribution in [0, 0.1) is 0 Å². The predicted octanol–water partition coefficient (Wildman–Crippen LogP) is 17.8. The summed E-state index contributed by atoms with van der Waals surface area (Å²) in [5, 5.41) is 3.33. The number of rotatable bonds is 8. The first kappa shape index (κ1) is 29.2. The smallest absolute Gasteiger partial charge is 0.0714 e. The average Bonchev–Trinajstić information content (AvgIpc) is 3.20. The second-order valence-corrected chi connectivity index (χ2v) is 17.3. The molecule has 0 radical (unpaired) electrons. The summed E-state index contributed by atoms with van der Waals surface area (Å²) >= 11 is 0. The highest BCUT2D eigenvalue weighted by Gasteiger charge is 2.46. The van der Waals surface area contributed by atoms with Gasteiger partial charge in [-0.1, -0.05) is 218 Å². The molecule has 13 rings (SSSR count). The van der Waals surface area contributed by atoms with E-state index in [-0.39, 0.29) is 34.6 Å². The molecule has 0 heterocycles. The van der Waals surface area contributed by atoms with E-state index in [4.69, 9.17) is 0 Å². The minimum Gasteiger partial charge on any atom is -0.310 e. The lowest BCUT2D eigenvalue weighted by atomic mass is 9.67. The highest BCUT2D eigenvalue weighted by Crippen LogP contribution is 2.57. The van der Waals surface area contributed by atoms with E-state index in [0.29, 0.717) is 16.5 Å². The summed E-state index contributed by atoms with van der Waals surface area (Å²) < 4.78 is 117. The molecule has 1 nitrogen and oxygen atoms in total. The van der Waals surface area contributed by atoms with Crippen molar-refractivity contribution in [3.8, 4) is 44.5 Å². The van der Waals surface area contributed by atoms with Gasteiger partial charge in [-0.05, 0) is 155 Å². The second kappa shape index (κ2) is 16.4. The van der Waals surface area contributed by atoms with Gasteiger partial charge < -0.3 is 4.90 Å². The molecular formula is C67H47N. The van der Waals surface area contributed by atoms with Crippen LogP contribution in [-0.4, -0.2) is 0 Å². The SMILES string of the molecule is [2H]c1c([2H])c(N(c2ccc3c(c2)C(c2ccccc2)(c2ccccc2)c2ccccc2-3)c2c([2H])c([2H])c(-c3c([2H])c([2H])c(-c4cc5ccccc5c5ccccc45)c([2H])c3[2H])c([2H])c2[2H])c([2H])c([2H])c1-c1cccc2c1C=CCC2. The van der Waals surface area contributed by atoms with Crippen molar-refractivity contribution in [3.05, 3.63) is 288 Å². The molecule has 0 saturated heterocycles. The molecule has 0 bridgehead atoms. The Hall–Kier alpha value is -8.52. The fourth-order valence-electron chi connectivity index (χ4n) is 10.6. The van der Waals surface area contributed by atoms with Gasteiger partial charge in [-0.15, -0.1) is 0 Å². The maximum Gasteiger partial charge on any atom is 0.0714 e. The van der Waals surface area contributed by atoms with Crippen molar-refractivity contribution >= 4 is 44.7 Å². The number of allylic oxidation sites excluding steroid dienone is 1. The van der Waals surface area contributed by atoms with Gasteiger partial charge in [-0.25, -0.2) is 0 Å². The van der Waals surface area contributed by atoms with Crippen molar-refractivity contribution in [2.24, 2.45) is 0 Å². The summed E-state index contributed by atoms with van der Waals surface area (Å²) in [5.41, 5.74) is 5.95. The van der Waals surface area contributed by atoms with Crippen molar-refractivity contribution in [1.29, 1.82) is 0 Å². The molecule has 11 aromatic carbocycles. The Bertz CT molecular complexity index is 4330. The van der Waals surface area contributed by atoms with Crippen molar-refractivity contribution in [1.82, 2.24) is 0 Å². The third kappa shape index (κ3) is 6.46. The van der Waals surface area contributed by atoms with Crippen LogP contribution in [0.5, 0.6) is 0 Å². The van der Waals surface area contributed by atoms with Crippen LogP contribution in [0.2, 0.25) is 0 Å². The van der Waals surface area contributed by atoms with E-state index in [2.05, 4.69) is 36.4 Å². The Morgan fingerprint density at radius 2 is 0.926 bits per heavy atom. The molecule has 0 aromatic heterocycles. The van der Waals surface area contributed by atoms with Crippen LogP contribution in [-0.2, 0) is 11.8 Å². The van der Waals surface area contributed by atoms with Crippen molar-refractivity contribution in [2.75, 3.05) is 4.90 Å². The third-order valence-electron chi connectivity index (χ3n) is 13.6. The van der Waals surface area contributed by atoms with Gasteiger partial charge in [0.05, 0.1) is 21.9 Å². The van der Waals surface area contributed by atoms with E-state index in [0.717, 1.165) is 73.5 Å². The maximum atomic E-state index is 10.0. The van der Waals surface area contributed by atoms with Gasteiger partial charge in [0.15, 0.2) is 0 Å². The first-order valence-corrected chi connectivity index (χ1v) is 22.9. The number of hydrogen-bond acceptors (Lipinski definition) is 1. The summed E-state index contributed by atoms with van der Waals surface area (Å²) in [7, 11) is 0. The quantitative estimate of drug-likeness (QED) is 0.138. The van der Waals surface area contributed by atoms with E-state index >= 15 is 0 Å². The Kier molecular flexibility index (Phi) is 7.05. The summed E-state index contributed by atoms with van der Waals surface area (Å²) in [5.74, 6) is 0. The molecule has 0 fully saturated rings. The summed E-state index contributed by atoms with van der Waals surface area (Å²) in [6.07, 6.45) is 5.52. The number of benzene rings is 11. The minimum atomic E-state index is -0.963. The van der Waals surface area contributed by atoms with Gasteiger partial charge >= 0.3 is 0 Å². The molecule has 2 aliphatic carbocycles. The second-order valence-electron chi connectivity index (χ2n) is 17.3. The molecule has 0 aliphatic heterocycles. The van der Waals surface area contributed by atoms with E-state index in [1.807, 2.05) is 140 Å². The molecular weight excluding hydrogens is 819 g/mol. The van der Waals surface area contributed by atoms with Crippen LogP contribution in [0.1, 0.15) is 56.3 Å². The zero-order valence-electron chi connectivity index (χ0n) is 48.8. The molecule has 1 heteroatoms. The van der Waals surface area contributed by atoms with E-state index in [1.165, 1.54) is 4.90 Å². The number of aryl methyl sites for hydroxylation is 1. The average molecular weight is 878 g/mol. The van der Waals surface area contributed by atoms with Gasteiger partial charge in [0.2, 0.25) is 0 Å². The fourth-order valence-corrected chi connectivity index (χ4v) is 10.6. The number of anilines is 3. The first-order valence-electron chi connectivity index (χ1n) is 28.9. The highest BCUT2D eigenvalue weighted by molar-refractivity contribution is 6.13. The highest BCUT2D eigenvalue weighted by atomic mass is 15.1. The Morgan fingerprint density at radius 1 is 0.382 bits per heavy atom. The maximum absolute atomic E-state index is 10.0. The van der Waals surface area contributed by atoms with E-state index in [9.17, 15) is 16.4 Å². The molecule has 0 N–H and O–H groups in total. The van der Waals surface area contributed by atoms with Crippen LogP contribution in [0.4, 0.5) is 17.1 Å². The van der Waals surface area contributed by atoms with Crippen LogP contribution < -0.4 is 4.90 Å². The van der Waals surface area contributed by atoms with Crippen molar-refractivity contribution in [3.63, 3.8) is 0 Å². The summed E-state index contributed by atoms with van der Waals surface area (Å²) in [6.45, 7) is 0. The molecule has 0 spiro atoms. The monoisotopic (exact) mass is 877 g/mol. The normalized spacial score (nSPS) is 15.7. The zero-order chi connectivity index (χ0) is 55.5. The fraction of sp³-hybridized carbons (Fsp3) is 0.0448. The molecule has 320 valence electrons. The zero-order valence-corrected chi connectivity index (χ0v) is 36.8. The Balaban J connectivity index is 1.08. The van der Waals surface area contributed by atoms with Crippen LogP contribution in [0.3, 0.4) is 0 Å². The summed E-state index contributed by atoms with van der Waals surface area (Å²) in [4.78, 5) is 1.29. The molecule has 0 amide bonds. The number of hydrogen-bond donors (Lipinski definition) is 0. The van der Waals surface area contributed by atoms with Gasteiger partial charge in [0, 0.05) is 17.1 Å². The molecule has 68 heavy (non-hydrogen) atoms. The van der Waals surface area contributed by atoms with Gasteiger partial charge in [-0.2, -0.15) is 0 Å². The van der Waals surface area contributed by atoms with Crippen molar-refractivity contribution in [2.45, 2.75) is 18.3 Å². The molecule has 0 unspecified atom stereocenters. The minimum absolute atomic E-state index is 0.0171. The predicted molar refractivity (Wildman–Crippen MR) is 287 cm³/mol. The van der Waals surface area contributed by atoms with Gasteiger partial charge in [0.1, 0.15) is 0 Å². The molecule has 2 aliphatic rings. The van der Waals surface area contributed by atoms with Gasteiger partial charge in [-0.3, -0.25) is 0 Å². The van der Waals surface area contributed by atoms with E-state index in [1.54, 1.807) is 12.1 Å². The lowest BCUT2D eigenvalue weighted by Crippen LogP contribution is -2.28. The molecule has 0 saturated carbocycles. The first-order chi connectivity index (χ1) is 38.7. The molecule has 11 aromatic rings. The number of fused-ring (bicyclic) bond motifs is 7. The largest absolute Gasteiger partial charge is 0.310 e. The topological polar surface area (TPSA) is 3.24 Å². The lowest BCUT2D eigenvalue weighted by Gasteiger charge is -2.35. The Labute approximate surface area is 415 Å². The third-order valence-corrected chi connectivity index (χ3v) is 13.6. The van der Waals surface area contributed by atoms with E-state index < -0.39 is 82.7 Å². The van der Waals surface area contributed by atoms with Gasteiger partial charge in [0.25, 0.3) is 0 Å². The van der Waals surface area contributed by atoms with Crippen LogP contribution >= 0.6 is 0 Å². The Morgan fingerprint density at radius 3 is 1.65 bits per heavy atom. The van der Waals surface area contributed by atoms with Crippen LogP contribution in [0.25, 0.3) is 72.1 Å². The van der Waals surface area contributed by atoms with Crippen molar-refractivity contribution < 1.29 is 16.4 Å². The molecule has 0 atom stereocenters. The lowest BCUT2D eigenvalue weighted by molar-refractivity contribution is 0.768. The van der Waals surface area contributed by atoms with Crippen LogP contribution in [0.15, 0.2) is 255 Å². The number of nitrogens with zero attached hydrogens (tertiary/aromatic N) is 1. The standard InChI is InChI=1S/C67H47N/c1-3-19-52(20-4-1)67(53-21-5-2-6-22-53)65-29-14-13-27-62(65)63-43-42-56(45-66(63)67)68(55-40-36-49(37-41-55)58-28-15-18-48-16-7-9-23-57(48)58)54-38-34-47(35-39-54)46-30-32-50(33-31-46)64-44-51-17-8-10-24-59(51)60-25-11-12-26-61(60)64/h1-6,8-15,17-45H,7,16H2/i30D,31D,32D,33D,34D,35D,36D,37D,38D,39D,40D,41D.